The van der Waals surface area contributed by atoms with E-state index in [9.17, 15) is 9.59 Å². The van der Waals surface area contributed by atoms with Crippen molar-refractivity contribution in [1.82, 2.24) is 9.88 Å². The van der Waals surface area contributed by atoms with E-state index in [-0.39, 0.29) is 15.7 Å². The van der Waals surface area contributed by atoms with E-state index in [0.29, 0.717) is 6.42 Å². The fraction of sp³-hybridized carbons (Fsp3) is 0.364. The first-order valence-electron chi connectivity index (χ1n) is 5.19. The van der Waals surface area contributed by atoms with Crippen LogP contribution in [-0.2, 0) is 4.79 Å². The van der Waals surface area contributed by atoms with E-state index in [1.54, 1.807) is 6.92 Å². The largest absolute Gasteiger partial charge is 0.480 e. The Morgan fingerprint density at radius 1 is 1.50 bits per heavy atom. The number of hydrogen-bond donors (Lipinski definition) is 1. The summed E-state index contributed by atoms with van der Waals surface area (Å²) in [6.07, 6.45) is 1.56. The van der Waals surface area contributed by atoms with Gasteiger partial charge in [-0.1, -0.05) is 30.1 Å². The van der Waals surface area contributed by atoms with Crippen molar-refractivity contribution in [2.45, 2.75) is 19.4 Å². The molecule has 7 heteroatoms. The average molecular weight is 291 g/mol. The molecule has 0 aliphatic heterocycles. The summed E-state index contributed by atoms with van der Waals surface area (Å²) in [5, 5.41) is 9.26. The SMILES string of the molecule is CCC(C(=O)O)N(C)C(=O)c1cc(Cl)ncc1Cl. The van der Waals surface area contributed by atoms with Crippen molar-refractivity contribution in [1.29, 1.82) is 0 Å². The number of nitrogens with zero attached hydrogens (tertiary/aromatic N) is 2. The number of hydrogen-bond acceptors (Lipinski definition) is 3. The maximum absolute atomic E-state index is 12.1. The van der Waals surface area contributed by atoms with Crippen molar-refractivity contribution in [3.8, 4) is 0 Å². The van der Waals surface area contributed by atoms with Crippen molar-refractivity contribution >= 4 is 35.1 Å². The van der Waals surface area contributed by atoms with Crippen LogP contribution in [0.5, 0.6) is 0 Å². The number of carboxylic acids is 1. The molecule has 1 heterocycles. The fourth-order valence-corrected chi connectivity index (χ4v) is 1.86. The number of carbonyl (C=O) groups excluding carboxylic acids is 1. The Balaban J connectivity index is 3.06. The third kappa shape index (κ3) is 3.11. The highest BCUT2D eigenvalue weighted by atomic mass is 35.5. The molecule has 0 saturated heterocycles. The molecule has 0 aromatic carbocycles. The van der Waals surface area contributed by atoms with Crippen molar-refractivity contribution in [2.24, 2.45) is 0 Å². The van der Waals surface area contributed by atoms with Gasteiger partial charge in [-0.25, -0.2) is 9.78 Å². The van der Waals surface area contributed by atoms with Crippen molar-refractivity contribution in [3.05, 3.63) is 28.0 Å². The lowest BCUT2D eigenvalue weighted by Crippen LogP contribution is -2.42. The van der Waals surface area contributed by atoms with Crippen molar-refractivity contribution in [3.63, 3.8) is 0 Å². The monoisotopic (exact) mass is 290 g/mol. The van der Waals surface area contributed by atoms with Gasteiger partial charge in [0, 0.05) is 13.2 Å². The maximum atomic E-state index is 12.1. The first kappa shape index (κ1) is 14.7. The van der Waals surface area contributed by atoms with E-state index >= 15 is 0 Å². The zero-order valence-electron chi connectivity index (χ0n) is 9.85. The molecule has 1 rings (SSSR count). The van der Waals surface area contributed by atoms with Crippen LogP contribution in [0.15, 0.2) is 12.3 Å². The lowest BCUT2D eigenvalue weighted by Gasteiger charge is -2.24. The summed E-state index contributed by atoms with van der Waals surface area (Å²) in [6.45, 7) is 1.68. The van der Waals surface area contributed by atoms with Crippen LogP contribution in [0.25, 0.3) is 0 Å². The van der Waals surface area contributed by atoms with Crippen LogP contribution >= 0.6 is 23.2 Å². The highest BCUT2D eigenvalue weighted by Gasteiger charge is 2.26. The van der Waals surface area contributed by atoms with Crippen LogP contribution < -0.4 is 0 Å². The topological polar surface area (TPSA) is 70.5 Å². The van der Waals surface area contributed by atoms with Crippen LogP contribution in [0, 0.1) is 0 Å². The third-order valence-electron chi connectivity index (χ3n) is 2.51. The second kappa shape index (κ2) is 6.02. The van der Waals surface area contributed by atoms with Gasteiger partial charge in [0.05, 0.1) is 10.6 Å². The molecule has 1 amide bonds. The number of rotatable bonds is 4. The zero-order valence-corrected chi connectivity index (χ0v) is 11.4. The number of aromatic nitrogens is 1. The van der Waals surface area contributed by atoms with Gasteiger partial charge in [-0.2, -0.15) is 0 Å². The Morgan fingerprint density at radius 3 is 2.61 bits per heavy atom. The number of aliphatic carboxylic acids is 1. The lowest BCUT2D eigenvalue weighted by molar-refractivity contribution is -0.142. The third-order valence-corrected chi connectivity index (χ3v) is 3.02. The second-order valence-corrected chi connectivity index (χ2v) is 4.46. The van der Waals surface area contributed by atoms with E-state index in [1.165, 1.54) is 19.3 Å². The summed E-state index contributed by atoms with van der Waals surface area (Å²) < 4.78 is 0. The predicted octanol–water partition coefficient (Wildman–Crippen LogP) is 2.32. The van der Waals surface area contributed by atoms with Gasteiger partial charge in [-0.05, 0) is 12.5 Å². The molecule has 0 fully saturated rings. The van der Waals surface area contributed by atoms with Crippen LogP contribution in [0.4, 0.5) is 0 Å². The standard InChI is InChI=1S/C11H12Cl2N2O3/c1-3-8(11(17)18)15(2)10(16)6-4-9(13)14-5-7(6)12/h4-5,8H,3H2,1-2H3,(H,17,18). The van der Waals surface area contributed by atoms with Gasteiger partial charge in [0.2, 0.25) is 0 Å². The van der Waals surface area contributed by atoms with Gasteiger partial charge in [-0.15, -0.1) is 0 Å². The summed E-state index contributed by atoms with van der Waals surface area (Å²) in [4.78, 5) is 28.0. The van der Waals surface area contributed by atoms with E-state index in [4.69, 9.17) is 28.3 Å². The molecular weight excluding hydrogens is 279 g/mol. The van der Waals surface area contributed by atoms with E-state index in [0.717, 1.165) is 4.90 Å². The normalized spacial score (nSPS) is 12.0. The molecule has 1 N–H and O–H groups in total. The number of likely N-dealkylation sites (N-methyl/N-ethyl adjacent to an activating group) is 1. The lowest BCUT2D eigenvalue weighted by atomic mass is 10.1. The summed E-state index contributed by atoms with van der Waals surface area (Å²) >= 11 is 11.5. The number of pyridine rings is 1. The number of carbonyl (C=O) groups is 2. The Kier molecular flexibility index (Phi) is 4.93. The van der Waals surface area contributed by atoms with Gasteiger partial charge in [-0.3, -0.25) is 4.79 Å². The molecule has 0 bridgehead atoms. The Bertz CT molecular complexity index is 479. The minimum absolute atomic E-state index is 0.125. The van der Waals surface area contributed by atoms with Crippen LogP contribution in [0.2, 0.25) is 10.2 Å². The highest BCUT2D eigenvalue weighted by Crippen LogP contribution is 2.20. The van der Waals surface area contributed by atoms with Gasteiger partial charge in [0.25, 0.3) is 5.91 Å². The highest BCUT2D eigenvalue weighted by molar-refractivity contribution is 6.35. The second-order valence-electron chi connectivity index (χ2n) is 3.67. The fourth-order valence-electron chi connectivity index (χ4n) is 1.52. The number of amides is 1. The quantitative estimate of drug-likeness (QED) is 0.864. The van der Waals surface area contributed by atoms with Gasteiger partial charge in [0.1, 0.15) is 11.2 Å². The first-order chi connectivity index (χ1) is 8.38. The number of halogens is 2. The predicted molar refractivity (Wildman–Crippen MR) is 68.1 cm³/mol. The van der Waals surface area contributed by atoms with Crippen LogP contribution in [-0.4, -0.2) is 40.0 Å². The molecular formula is C11H12Cl2N2O3. The molecule has 0 aliphatic carbocycles. The minimum Gasteiger partial charge on any atom is -0.480 e. The minimum atomic E-state index is -1.07. The molecule has 1 unspecified atom stereocenters. The van der Waals surface area contributed by atoms with Crippen LogP contribution in [0.1, 0.15) is 23.7 Å². The van der Waals surface area contributed by atoms with Gasteiger partial charge in [0.15, 0.2) is 0 Å². The van der Waals surface area contributed by atoms with Crippen LogP contribution in [0.3, 0.4) is 0 Å². The molecule has 18 heavy (non-hydrogen) atoms. The summed E-state index contributed by atoms with van der Waals surface area (Å²) in [5.41, 5.74) is 0.138. The molecule has 1 aromatic heterocycles. The summed E-state index contributed by atoms with van der Waals surface area (Å²) in [6, 6.07) is 0.414. The summed E-state index contributed by atoms with van der Waals surface area (Å²) in [7, 11) is 1.41. The van der Waals surface area contributed by atoms with Crippen molar-refractivity contribution in [2.75, 3.05) is 7.05 Å². The molecule has 0 spiro atoms. The van der Waals surface area contributed by atoms with Gasteiger partial charge >= 0.3 is 5.97 Å². The Labute approximate surface area is 114 Å². The van der Waals surface area contributed by atoms with E-state index in [1.807, 2.05) is 0 Å². The molecule has 0 aliphatic rings. The smallest absolute Gasteiger partial charge is 0.326 e. The molecule has 0 saturated carbocycles. The van der Waals surface area contributed by atoms with E-state index < -0.39 is 17.9 Å². The molecule has 5 nitrogen and oxygen atoms in total. The Morgan fingerprint density at radius 2 is 2.11 bits per heavy atom. The maximum Gasteiger partial charge on any atom is 0.326 e. The average Bonchev–Trinajstić information content (AvgIpc) is 2.31. The molecule has 1 atom stereocenters. The van der Waals surface area contributed by atoms with Gasteiger partial charge < -0.3 is 10.0 Å². The molecule has 0 radical (unpaired) electrons. The number of carboxylic acid groups (broad SMARTS) is 1. The summed E-state index contributed by atoms with van der Waals surface area (Å²) in [5.74, 6) is -1.57. The zero-order chi connectivity index (χ0) is 13.9. The van der Waals surface area contributed by atoms with E-state index in [2.05, 4.69) is 4.98 Å². The van der Waals surface area contributed by atoms with Crippen molar-refractivity contribution < 1.29 is 14.7 Å². The molecule has 98 valence electrons. The Hall–Kier alpha value is -1.33. The molecule has 1 aromatic rings. The first-order valence-corrected chi connectivity index (χ1v) is 5.95.